The van der Waals surface area contributed by atoms with E-state index in [2.05, 4.69) is 30.7 Å². The summed E-state index contributed by atoms with van der Waals surface area (Å²) in [7, 11) is 1.65. The number of thiazole rings is 1. The van der Waals surface area contributed by atoms with Crippen LogP contribution in [-0.2, 0) is 39.9 Å². The molecule has 6 N–H and O–H groups in total. The van der Waals surface area contributed by atoms with E-state index < -0.39 is 52.9 Å². The fraction of sp³-hybridized carbons (Fsp3) is 0.483. The molecular weight excluding hydrogens is 1150 g/mol. The predicted octanol–water partition coefficient (Wildman–Crippen LogP) is 6.29. The maximum absolute atomic E-state index is 16.5. The average molecular weight is 1220 g/mol. The van der Waals surface area contributed by atoms with Crippen molar-refractivity contribution < 1.29 is 66.4 Å². The second kappa shape index (κ2) is 30.1. The summed E-state index contributed by atoms with van der Waals surface area (Å²) in [4.78, 5) is 73.2. The number of rotatable bonds is 29. The van der Waals surface area contributed by atoms with Gasteiger partial charge < -0.3 is 74.4 Å². The van der Waals surface area contributed by atoms with Gasteiger partial charge in [0.15, 0.2) is 5.82 Å². The number of nitrogens with zero attached hydrogens (tertiary/aromatic N) is 8. The number of carbonyl (C=O) groups is 4. The van der Waals surface area contributed by atoms with E-state index in [1.54, 1.807) is 25.5 Å². The number of hydrogen-bond donors (Lipinski definition) is 5. The third-order valence-electron chi connectivity index (χ3n) is 14.5. The van der Waals surface area contributed by atoms with Crippen LogP contribution in [0.3, 0.4) is 0 Å². The highest BCUT2D eigenvalue weighted by Gasteiger charge is 2.43. The molecule has 3 atom stereocenters. The molecule has 0 saturated carbocycles. The first-order valence-electron chi connectivity index (χ1n) is 28.0. The van der Waals surface area contributed by atoms with Crippen molar-refractivity contribution in [2.45, 2.75) is 65.1 Å². The minimum Gasteiger partial charge on any atom is -0.507 e. The van der Waals surface area contributed by atoms with Gasteiger partial charge >= 0.3 is 6.03 Å². The summed E-state index contributed by atoms with van der Waals surface area (Å²) in [6.45, 7) is 11.8. The number of aromatic nitrogens is 4. The van der Waals surface area contributed by atoms with Gasteiger partial charge in [0.2, 0.25) is 23.7 Å². The second-order valence-corrected chi connectivity index (χ2v) is 22.1. The van der Waals surface area contributed by atoms with E-state index >= 15 is 8.78 Å². The predicted molar refractivity (Wildman–Crippen MR) is 314 cm³/mol. The number of halogens is 3. The van der Waals surface area contributed by atoms with Crippen LogP contribution in [0.5, 0.6) is 11.5 Å². The molecule has 2 fully saturated rings. The third kappa shape index (κ3) is 16.4. The number of fused-ring (bicyclic) bond motifs is 1. The van der Waals surface area contributed by atoms with Crippen molar-refractivity contribution in [3.8, 4) is 33.1 Å². The molecule has 0 unspecified atom stereocenters. The number of likely N-dealkylation sites (tertiary alicyclic amines) is 1. The Morgan fingerprint density at radius 3 is 2.25 bits per heavy atom. The van der Waals surface area contributed by atoms with Gasteiger partial charge in [-0.25, -0.2) is 23.5 Å². The molecule has 5 amide bonds. The summed E-state index contributed by atoms with van der Waals surface area (Å²) in [5.74, 6) is -2.83. The summed E-state index contributed by atoms with van der Waals surface area (Å²) in [6.07, 6.45) is -0.724. The first-order valence-corrected chi connectivity index (χ1v) is 29.3. The molecule has 6 aromatic rings. The molecule has 8 rings (SSSR count). The Morgan fingerprint density at radius 2 is 1.61 bits per heavy atom. The SMILES string of the molecule is Cc1cc([C@@H](C(=O)N2C[C@H](O)C[C@H]2C(=O)NCc2ccc(-c3scnc3C)cc2OCCOCCOCCOCCOCCN(C)C(=O)CCNc2nc(N3CCN(C(N)=O)CC3)c3cc(Cl)c(-c4c(O)cccc4F)c(F)c3n2)C(C)C)on1. The lowest BCUT2D eigenvalue weighted by molar-refractivity contribution is -0.141. The lowest BCUT2D eigenvalue weighted by Crippen LogP contribution is -2.50. The fourth-order valence-electron chi connectivity index (χ4n) is 10.0. The topological polar surface area (TPSA) is 283 Å². The van der Waals surface area contributed by atoms with Crippen molar-refractivity contribution in [1.29, 1.82) is 0 Å². The van der Waals surface area contributed by atoms with Crippen LogP contribution >= 0.6 is 22.9 Å². The largest absolute Gasteiger partial charge is 0.507 e. The van der Waals surface area contributed by atoms with Gasteiger partial charge in [-0.3, -0.25) is 14.4 Å². The Kier molecular flexibility index (Phi) is 22.6. The van der Waals surface area contributed by atoms with Gasteiger partial charge in [0.25, 0.3) is 0 Å². The normalized spacial score (nSPS) is 15.7. The molecule has 0 spiro atoms. The second-order valence-electron chi connectivity index (χ2n) is 20.8. The van der Waals surface area contributed by atoms with Crippen molar-refractivity contribution in [3.63, 3.8) is 0 Å². The highest BCUT2D eigenvalue weighted by molar-refractivity contribution is 7.13. The molecular formula is C58H72ClF2N11O12S. The Labute approximate surface area is 499 Å². The number of likely N-dealkylation sites (N-methyl/N-ethyl adjacent to an activating group) is 1. The van der Waals surface area contributed by atoms with E-state index in [4.69, 9.17) is 45.5 Å². The summed E-state index contributed by atoms with van der Waals surface area (Å²) >= 11 is 8.07. The van der Waals surface area contributed by atoms with Gasteiger partial charge in [-0.05, 0) is 49.6 Å². The highest BCUT2D eigenvalue weighted by Crippen LogP contribution is 2.43. The molecule has 3 aromatic carbocycles. The molecule has 3 aromatic heterocycles. The third-order valence-corrected chi connectivity index (χ3v) is 15.8. The number of ether oxygens (including phenoxy) is 5. The number of phenolic OH excluding ortho intramolecular Hbond substituents is 1. The van der Waals surface area contributed by atoms with Crippen LogP contribution in [0.15, 0.2) is 58.6 Å². The lowest BCUT2D eigenvalue weighted by atomic mass is 9.91. The number of piperazine rings is 1. The maximum atomic E-state index is 16.5. The quantitative estimate of drug-likeness (QED) is 0.0323. The number of aromatic hydroxyl groups is 1. The number of aliphatic hydroxyl groups excluding tert-OH is 1. The highest BCUT2D eigenvalue weighted by atomic mass is 35.5. The molecule has 0 bridgehead atoms. The number of aryl methyl sites for hydroxylation is 2. The van der Waals surface area contributed by atoms with Crippen molar-refractivity contribution in [3.05, 3.63) is 93.4 Å². The number of nitrogens with two attached hydrogens (primary N) is 1. The zero-order valence-electron chi connectivity index (χ0n) is 48.1. The summed E-state index contributed by atoms with van der Waals surface area (Å²) < 4.78 is 65.9. The Bertz CT molecular complexity index is 3260. The number of hydrogen-bond acceptors (Lipinski definition) is 19. The van der Waals surface area contributed by atoms with Crippen molar-refractivity contribution in [2.24, 2.45) is 11.7 Å². The molecule has 2 saturated heterocycles. The number of primary amides is 1. The van der Waals surface area contributed by atoms with Gasteiger partial charge in [-0.1, -0.05) is 48.8 Å². The summed E-state index contributed by atoms with van der Waals surface area (Å²) in [5.41, 5.74) is 9.43. The van der Waals surface area contributed by atoms with Gasteiger partial charge in [-0.15, -0.1) is 11.3 Å². The number of phenols is 1. The van der Waals surface area contributed by atoms with Gasteiger partial charge in [0.1, 0.15) is 53.0 Å². The lowest BCUT2D eigenvalue weighted by Gasteiger charge is -2.35. The van der Waals surface area contributed by atoms with E-state index in [1.807, 2.05) is 43.9 Å². The van der Waals surface area contributed by atoms with Crippen molar-refractivity contribution >= 4 is 69.4 Å². The Morgan fingerprint density at radius 1 is 0.918 bits per heavy atom. The number of carbonyl (C=O) groups excluding carboxylic acids is 4. The van der Waals surface area contributed by atoms with Gasteiger partial charge in [0, 0.05) is 94.8 Å². The Balaban J connectivity index is 0.714. The molecule has 2 aliphatic heterocycles. The summed E-state index contributed by atoms with van der Waals surface area (Å²) in [5, 5.41) is 31.1. The van der Waals surface area contributed by atoms with Crippen LogP contribution in [0.2, 0.25) is 5.02 Å². The molecule has 85 heavy (non-hydrogen) atoms. The molecule has 0 aliphatic carbocycles. The van der Waals surface area contributed by atoms with E-state index in [0.717, 1.165) is 22.2 Å². The number of aliphatic hydroxyl groups is 1. The van der Waals surface area contributed by atoms with E-state index in [0.29, 0.717) is 87.9 Å². The molecule has 27 heteroatoms. The van der Waals surface area contributed by atoms with Crippen LogP contribution in [-0.4, -0.2) is 193 Å². The average Bonchev–Trinajstić information content (AvgIpc) is 1.63. The molecule has 2 aliphatic rings. The monoisotopic (exact) mass is 1220 g/mol. The van der Waals surface area contributed by atoms with E-state index in [-0.39, 0.29) is 111 Å². The van der Waals surface area contributed by atoms with E-state index in [1.165, 1.54) is 44.2 Å². The van der Waals surface area contributed by atoms with E-state index in [9.17, 15) is 29.4 Å². The van der Waals surface area contributed by atoms with Gasteiger partial charge in [0.05, 0.1) is 91.3 Å². The number of benzene rings is 3. The van der Waals surface area contributed by atoms with Crippen LogP contribution in [0.25, 0.3) is 32.5 Å². The van der Waals surface area contributed by atoms with Crippen molar-refractivity contribution in [2.75, 3.05) is 123 Å². The number of amides is 5. The number of urea groups is 1. The first-order chi connectivity index (χ1) is 40.9. The minimum atomic E-state index is -0.980. The smallest absolute Gasteiger partial charge is 0.314 e. The standard InChI is InChI=1S/C58H72ClF2N11O12S/c1-34(2)48(46-27-35(3)68-84-46)56(77)72-32-39(73)29-43(72)55(76)64-31-38-10-9-37(53-36(4)65-33-85-53)28-45(38)83-26-25-82-24-23-81-22-21-80-20-19-79-18-17-69(5)47(75)11-12-63-58-66-52-40(54(67-58)70-13-15-71(16-14-70)57(62)78)30-41(59)49(51(52)61)50-42(60)7-6-8-44(50)74/h6-10,27-28,30,33-34,39,43,48,73-74H,11-26,29,31-32H2,1-5H3,(H2,62,78)(H,64,76)(H,63,66,67)/t39-,43+,48+/m1/s1. The zero-order chi connectivity index (χ0) is 60.7. The zero-order valence-corrected chi connectivity index (χ0v) is 49.7. The molecule has 5 heterocycles. The van der Waals surface area contributed by atoms with Crippen LogP contribution in [0.4, 0.5) is 25.3 Å². The van der Waals surface area contributed by atoms with Crippen LogP contribution < -0.4 is 26.0 Å². The van der Waals surface area contributed by atoms with Crippen molar-refractivity contribution in [1.82, 2.24) is 40.1 Å². The number of β-amino-alcohol motifs (C(OH)–C–C–N with tert-alkyl or cyclic N) is 1. The Hall–Kier alpha value is -7.33. The fourth-order valence-corrected chi connectivity index (χ4v) is 11.1. The molecule has 458 valence electrons. The summed E-state index contributed by atoms with van der Waals surface area (Å²) in [6, 6.07) is 11.0. The minimum absolute atomic E-state index is 0.00795. The van der Waals surface area contributed by atoms with Gasteiger partial charge in [-0.2, -0.15) is 4.98 Å². The van der Waals surface area contributed by atoms with Crippen LogP contribution in [0, 0.1) is 31.4 Å². The maximum Gasteiger partial charge on any atom is 0.314 e. The molecule has 23 nitrogen and oxygen atoms in total. The number of anilines is 2. The van der Waals surface area contributed by atoms with Crippen LogP contribution in [0.1, 0.15) is 55.3 Å². The number of nitrogens with one attached hydrogen (secondary N) is 2. The first kappa shape index (κ1) is 63.7. The molecule has 0 radical (unpaired) electrons.